The van der Waals surface area contributed by atoms with E-state index >= 15 is 0 Å². The number of aryl methyl sites for hydroxylation is 2. The summed E-state index contributed by atoms with van der Waals surface area (Å²) in [7, 11) is 0. The van der Waals surface area contributed by atoms with Gasteiger partial charge in [-0.1, -0.05) is 23.8 Å². The molecule has 3 rings (SSSR count). The van der Waals surface area contributed by atoms with Crippen LogP contribution in [0.1, 0.15) is 29.9 Å². The lowest BCUT2D eigenvalue weighted by Gasteiger charge is -2.16. The third kappa shape index (κ3) is 5.79. The minimum absolute atomic E-state index is 0.0841. The summed E-state index contributed by atoms with van der Waals surface area (Å²) in [5, 5.41) is 8.07. The zero-order valence-corrected chi connectivity index (χ0v) is 17.7. The number of amides is 3. The Morgan fingerprint density at radius 3 is 2.42 bits per heavy atom. The summed E-state index contributed by atoms with van der Waals surface area (Å²) in [4.78, 5) is 41.9. The highest BCUT2D eigenvalue weighted by Gasteiger charge is 2.15. The number of anilines is 2. The van der Waals surface area contributed by atoms with Gasteiger partial charge in [-0.15, -0.1) is 0 Å². The molecule has 1 atom stereocenters. The standard InChI is InChI=1S/C23H25N5O3/c1-15-7-10-18(11-8-15)26-23(31)27-20-12-9-16(2)28(22(20)30)14-21(29)25-17(3)19-6-4-5-13-24-19/h4-13,17H,14H2,1-3H3,(H,25,29)(H2,26,27,31)/t17-/m0/s1. The van der Waals surface area contributed by atoms with Crippen molar-refractivity contribution < 1.29 is 9.59 Å². The topological polar surface area (TPSA) is 105 Å². The second-order valence-corrected chi connectivity index (χ2v) is 7.27. The van der Waals surface area contributed by atoms with Crippen LogP contribution in [0.2, 0.25) is 0 Å². The Labute approximate surface area is 180 Å². The fraction of sp³-hybridized carbons (Fsp3) is 0.217. The Bertz CT molecular complexity index is 1120. The number of pyridine rings is 2. The molecule has 0 aliphatic carbocycles. The number of hydrogen-bond acceptors (Lipinski definition) is 4. The van der Waals surface area contributed by atoms with Gasteiger partial charge in [-0.2, -0.15) is 0 Å². The van der Waals surface area contributed by atoms with E-state index in [1.165, 1.54) is 10.6 Å². The van der Waals surface area contributed by atoms with E-state index in [1.807, 2.05) is 38.1 Å². The van der Waals surface area contributed by atoms with Gasteiger partial charge in [-0.3, -0.25) is 14.6 Å². The number of hydrogen-bond donors (Lipinski definition) is 3. The van der Waals surface area contributed by atoms with Crippen molar-refractivity contribution >= 4 is 23.3 Å². The maximum atomic E-state index is 12.8. The second-order valence-electron chi connectivity index (χ2n) is 7.27. The molecule has 0 bridgehead atoms. The molecule has 31 heavy (non-hydrogen) atoms. The number of aromatic nitrogens is 2. The van der Waals surface area contributed by atoms with Crippen LogP contribution in [0.5, 0.6) is 0 Å². The van der Waals surface area contributed by atoms with E-state index in [0.29, 0.717) is 11.4 Å². The van der Waals surface area contributed by atoms with Gasteiger partial charge < -0.3 is 20.5 Å². The Hall–Kier alpha value is -3.94. The van der Waals surface area contributed by atoms with Crippen molar-refractivity contribution in [3.63, 3.8) is 0 Å². The molecule has 3 N–H and O–H groups in total. The molecular formula is C23H25N5O3. The third-order valence-corrected chi connectivity index (χ3v) is 4.76. The van der Waals surface area contributed by atoms with Gasteiger partial charge in [0.05, 0.1) is 11.7 Å². The van der Waals surface area contributed by atoms with Crippen molar-refractivity contribution in [3.8, 4) is 0 Å². The highest BCUT2D eigenvalue weighted by atomic mass is 16.2. The number of benzene rings is 1. The third-order valence-electron chi connectivity index (χ3n) is 4.76. The smallest absolute Gasteiger partial charge is 0.323 e. The van der Waals surface area contributed by atoms with Crippen LogP contribution in [0.15, 0.2) is 65.6 Å². The first kappa shape index (κ1) is 21.8. The number of urea groups is 1. The Morgan fingerprint density at radius 2 is 1.74 bits per heavy atom. The normalized spacial score (nSPS) is 11.5. The van der Waals surface area contributed by atoms with Crippen LogP contribution in [0, 0.1) is 13.8 Å². The molecule has 0 radical (unpaired) electrons. The Morgan fingerprint density at radius 1 is 1.00 bits per heavy atom. The number of rotatable bonds is 6. The molecule has 1 aromatic carbocycles. The van der Waals surface area contributed by atoms with E-state index < -0.39 is 11.6 Å². The first-order chi connectivity index (χ1) is 14.8. The van der Waals surface area contributed by atoms with E-state index in [0.717, 1.165) is 11.3 Å². The van der Waals surface area contributed by atoms with E-state index in [1.54, 1.807) is 37.4 Å². The van der Waals surface area contributed by atoms with E-state index in [2.05, 4.69) is 20.9 Å². The van der Waals surface area contributed by atoms with Gasteiger partial charge in [-0.25, -0.2) is 4.79 Å². The Balaban J connectivity index is 1.68. The van der Waals surface area contributed by atoms with Crippen LogP contribution < -0.4 is 21.5 Å². The molecule has 3 amide bonds. The van der Waals surface area contributed by atoms with Crippen molar-refractivity contribution in [1.82, 2.24) is 14.9 Å². The lowest BCUT2D eigenvalue weighted by molar-refractivity contribution is -0.122. The fourth-order valence-electron chi connectivity index (χ4n) is 3.02. The number of carbonyl (C=O) groups is 2. The molecule has 0 saturated carbocycles. The maximum absolute atomic E-state index is 12.8. The summed E-state index contributed by atoms with van der Waals surface area (Å²) in [5.41, 5.74) is 2.64. The van der Waals surface area contributed by atoms with Gasteiger partial charge in [0.2, 0.25) is 5.91 Å². The van der Waals surface area contributed by atoms with Crippen molar-refractivity contribution in [3.05, 3.63) is 88.1 Å². The maximum Gasteiger partial charge on any atom is 0.323 e. The van der Waals surface area contributed by atoms with Gasteiger partial charge >= 0.3 is 6.03 Å². The van der Waals surface area contributed by atoms with E-state index in [4.69, 9.17) is 0 Å². The van der Waals surface area contributed by atoms with E-state index in [9.17, 15) is 14.4 Å². The van der Waals surface area contributed by atoms with Crippen LogP contribution in [-0.2, 0) is 11.3 Å². The summed E-state index contributed by atoms with van der Waals surface area (Å²) in [6.45, 7) is 5.33. The average molecular weight is 419 g/mol. The SMILES string of the molecule is Cc1ccc(NC(=O)Nc2ccc(C)n(CC(=O)N[C@@H](C)c3ccccn3)c2=O)cc1. The molecule has 8 heteroatoms. The number of carbonyl (C=O) groups excluding carboxylic acids is 2. The highest BCUT2D eigenvalue weighted by Crippen LogP contribution is 2.11. The summed E-state index contributed by atoms with van der Waals surface area (Å²) in [5.74, 6) is -0.329. The summed E-state index contributed by atoms with van der Waals surface area (Å²) >= 11 is 0. The zero-order chi connectivity index (χ0) is 22.4. The second kappa shape index (κ2) is 9.71. The van der Waals surface area contributed by atoms with Crippen LogP contribution >= 0.6 is 0 Å². The first-order valence-electron chi connectivity index (χ1n) is 9.89. The highest BCUT2D eigenvalue weighted by molar-refractivity contribution is 5.99. The van der Waals surface area contributed by atoms with Crippen molar-refractivity contribution in [2.45, 2.75) is 33.4 Å². The van der Waals surface area contributed by atoms with Crippen LogP contribution in [-0.4, -0.2) is 21.5 Å². The molecule has 0 spiro atoms. The van der Waals surface area contributed by atoms with Gasteiger partial charge in [-0.05, 0) is 57.2 Å². The summed E-state index contributed by atoms with van der Waals surface area (Å²) in [6.07, 6.45) is 1.66. The van der Waals surface area contributed by atoms with Gasteiger partial charge in [0.25, 0.3) is 5.56 Å². The van der Waals surface area contributed by atoms with Gasteiger partial charge in [0, 0.05) is 17.6 Å². The van der Waals surface area contributed by atoms with Gasteiger partial charge in [0.1, 0.15) is 12.2 Å². The van der Waals surface area contributed by atoms with E-state index in [-0.39, 0.29) is 24.2 Å². The molecule has 0 unspecified atom stereocenters. The van der Waals surface area contributed by atoms with Crippen molar-refractivity contribution in [2.24, 2.45) is 0 Å². The predicted octanol–water partition coefficient (Wildman–Crippen LogP) is 3.38. The molecule has 3 aromatic rings. The molecule has 8 nitrogen and oxygen atoms in total. The minimum atomic E-state index is -0.537. The molecule has 0 aliphatic heterocycles. The minimum Gasteiger partial charge on any atom is -0.346 e. The summed E-state index contributed by atoms with van der Waals surface area (Å²) < 4.78 is 1.32. The molecule has 0 fully saturated rings. The summed E-state index contributed by atoms with van der Waals surface area (Å²) in [6, 6.07) is 15.1. The quantitative estimate of drug-likeness (QED) is 0.570. The zero-order valence-electron chi connectivity index (χ0n) is 17.7. The van der Waals surface area contributed by atoms with Gasteiger partial charge in [0.15, 0.2) is 0 Å². The lowest BCUT2D eigenvalue weighted by Crippen LogP contribution is -2.36. The molecule has 160 valence electrons. The molecular weight excluding hydrogens is 394 g/mol. The molecule has 0 saturated heterocycles. The lowest BCUT2D eigenvalue weighted by atomic mass is 10.2. The Kier molecular flexibility index (Phi) is 6.81. The fourth-order valence-corrected chi connectivity index (χ4v) is 3.02. The molecule has 2 aromatic heterocycles. The first-order valence-corrected chi connectivity index (χ1v) is 9.89. The molecule has 0 aliphatic rings. The molecule has 2 heterocycles. The van der Waals surface area contributed by atoms with Crippen molar-refractivity contribution in [2.75, 3.05) is 10.6 Å². The number of nitrogens with zero attached hydrogens (tertiary/aromatic N) is 2. The predicted molar refractivity (Wildman–Crippen MR) is 120 cm³/mol. The van der Waals surface area contributed by atoms with Crippen LogP contribution in [0.4, 0.5) is 16.2 Å². The van der Waals surface area contributed by atoms with Crippen LogP contribution in [0.25, 0.3) is 0 Å². The van der Waals surface area contributed by atoms with Crippen LogP contribution in [0.3, 0.4) is 0 Å². The average Bonchev–Trinajstić information content (AvgIpc) is 2.75. The largest absolute Gasteiger partial charge is 0.346 e. The number of nitrogens with one attached hydrogen (secondary N) is 3. The monoisotopic (exact) mass is 419 g/mol. The van der Waals surface area contributed by atoms with Crippen molar-refractivity contribution in [1.29, 1.82) is 0 Å².